The van der Waals surface area contributed by atoms with E-state index in [0.717, 1.165) is 29.7 Å². The van der Waals surface area contributed by atoms with Crippen LogP contribution in [-0.4, -0.2) is 35.1 Å². The topological polar surface area (TPSA) is 97.4 Å². The van der Waals surface area contributed by atoms with Gasteiger partial charge in [0.2, 0.25) is 11.7 Å². The highest BCUT2D eigenvalue weighted by Crippen LogP contribution is 2.63. The molecular weight excluding hydrogens is 683 g/mol. The Morgan fingerprint density at radius 3 is 1.71 bits per heavy atom. The van der Waals surface area contributed by atoms with Gasteiger partial charge < -0.3 is 10.1 Å². The fourth-order valence-electron chi connectivity index (χ4n) is 7.85. The van der Waals surface area contributed by atoms with Gasteiger partial charge >= 0.3 is 0 Å². The van der Waals surface area contributed by atoms with Crippen LogP contribution in [0, 0.1) is 40.9 Å². The minimum Gasteiger partial charge on any atom is -0.346 e. The van der Waals surface area contributed by atoms with Crippen molar-refractivity contribution in [1.29, 1.82) is 0 Å². The summed E-state index contributed by atoms with van der Waals surface area (Å²) in [5.74, 6) is 2.55. The summed E-state index contributed by atoms with van der Waals surface area (Å²) in [5.41, 5.74) is 5.91. The maximum absolute atomic E-state index is 12.5. The molecule has 2 aromatic rings. The predicted molar refractivity (Wildman–Crippen MR) is 229 cm³/mol. The van der Waals surface area contributed by atoms with Crippen LogP contribution in [0.2, 0.25) is 0 Å². The Morgan fingerprint density at radius 1 is 0.873 bits per heavy atom. The summed E-state index contributed by atoms with van der Waals surface area (Å²) in [6, 6.07) is 18.0. The molecule has 7 atom stereocenters. The standard InChI is InChI=1S/C18H29NO3.C14H16.C10H12O.C4H8O.C3H8/c1-7-9-10-14(16(21)12(4)20)19-17(22)11(3)15-13(8-2)18(15,5)6;1-9-10(2)14(9)13-7-11-5-3-4-6-12(11)8-13;1-8(9(2)11)10-6-4-3-5-7-10;1-3-4(2)5;1-3-2/h7,11,13-15H,1,8-10H2,2-6H3,(H,19,22);3-6,10,13-14H,1,7-8H2,2H3;3-8H,1-2H3;3H2,1-2H3;3H2,1-2H3. The number of benzene rings is 2. The third-order valence-corrected chi connectivity index (χ3v) is 11.6. The second kappa shape index (κ2) is 23.9. The van der Waals surface area contributed by atoms with Crippen molar-refractivity contribution in [2.45, 2.75) is 140 Å². The lowest BCUT2D eigenvalue weighted by Gasteiger charge is -2.19. The molecule has 55 heavy (non-hydrogen) atoms. The molecule has 2 aromatic carbocycles. The van der Waals surface area contributed by atoms with E-state index in [4.69, 9.17) is 0 Å². The lowest BCUT2D eigenvalue weighted by molar-refractivity contribution is -0.138. The fourth-order valence-corrected chi connectivity index (χ4v) is 7.85. The van der Waals surface area contributed by atoms with Crippen molar-refractivity contribution < 1.29 is 24.0 Å². The molecule has 5 rings (SSSR count). The van der Waals surface area contributed by atoms with E-state index in [1.807, 2.05) is 51.1 Å². The first-order valence-corrected chi connectivity index (χ1v) is 20.6. The average molecular weight is 756 g/mol. The molecule has 6 heteroatoms. The first kappa shape index (κ1) is 49.1. The van der Waals surface area contributed by atoms with Crippen molar-refractivity contribution in [2.75, 3.05) is 0 Å². The van der Waals surface area contributed by atoms with Crippen LogP contribution in [0.3, 0.4) is 0 Å². The van der Waals surface area contributed by atoms with Crippen molar-refractivity contribution in [3.05, 3.63) is 96.1 Å². The quantitative estimate of drug-likeness (QED) is 0.162. The van der Waals surface area contributed by atoms with E-state index < -0.39 is 17.6 Å². The summed E-state index contributed by atoms with van der Waals surface area (Å²) in [6.45, 7) is 31.0. The summed E-state index contributed by atoms with van der Waals surface area (Å²) >= 11 is 0. The van der Waals surface area contributed by atoms with Crippen LogP contribution in [0.4, 0.5) is 0 Å². The number of hydrogen-bond donors (Lipinski definition) is 1. The van der Waals surface area contributed by atoms with Crippen LogP contribution in [-0.2, 0) is 36.8 Å². The van der Waals surface area contributed by atoms with Crippen LogP contribution in [0.15, 0.2) is 79.4 Å². The van der Waals surface area contributed by atoms with Crippen LogP contribution in [0.1, 0.15) is 138 Å². The van der Waals surface area contributed by atoms with Gasteiger partial charge in [-0.3, -0.25) is 19.2 Å². The molecule has 0 aliphatic heterocycles. The average Bonchev–Trinajstić information content (AvgIpc) is 3.85. The number of carbonyl (C=O) groups is 5. The molecule has 0 bridgehead atoms. The van der Waals surface area contributed by atoms with E-state index in [1.165, 1.54) is 31.8 Å². The van der Waals surface area contributed by atoms with Gasteiger partial charge in [0.25, 0.3) is 0 Å². The highest BCUT2D eigenvalue weighted by atomic mass is 16.2. The molecule has 0 radical (unpaired) electrons. The van der Waals surface area contributed by atoms with E-state index in [-0.39, 0.29) is 34.7 Å². The Bertz CT molecular complexity index is 1550. The largest absolute Gasteiger partial charge is 0.346 e. The van der Waals surface area contributed by atoms with Gasteiger partial charge in [0.1, 0.15) is 11.6 Å². The number of amides is 1. The van der Waals surface area contributed by atoms with E-state index in [9.17, 15) is 24.0 Å². The van der Waals surface area contributed by atoms with Crippen LogP contribution in [0.5, 0.6) is 0 Å². The Morgan fingerprint density at radius 2 is 1.35 bits per heavy atom. The number of carbonyl (C=O) groups excluding carboxylic acids is 5. The highest BCUT2D eigenvalue weighted by molar-refractivity contribution is 6.38. The zero-order valence-corrected chi connectivity index (χ0v) is 36.3. The highest BCUT2D eigenvalue weighted by Gasteiger charge is 2.59. The number of Topliss-reactive ketones (excluding diaryl/α,β-unsaturated/α-hetero) is 4. The molecule has 1 amide bonds. The van der Waals surface area contributed by atoms with Gasteiger partial charge in [-0.25, -0.2) is 0 Å². The number of ketones is 4. The van der Waals surface area contributed by atoms with Crippen molar-refractivity contribution in [2.24, 2.45) is 40.9 Å². The van der Waals surface area contributed by atoms with Crippen LogP contribution >= 0.6 is 0 Å². The molecular formula is C49H73NO5. The van der Waals surface area contributed by atoms with E-state index in [2.05, 4.69) is 84.3 Å². The van der Waals surface area contributed by atoms with Gasteiger partial charge in [-0.1, -0.05) is 148 Å². The molecule has 2 saturated carbocycles. The zero-order chi connectivity index (χ0) is 42.0. The Hall–Kier alpha value is -3.93. The smallest absolute Gasteiger partial charge is 0.223 e. The number of nitrogens with one attached hydrogen (secondary N) is 1. The Labute approximate surface area is 334 Å². The maximum atomic E-state index is 12.5. The molecule has 6 nitrogen and oxygen atoms in total. The number of rotatable bonds is 13. The van der Waals surface area contributed by atoms with Gasteiger partial charge in [0, 0.05) is 25.2 Å². The first-order valence-electron chi connectivity index (χ1n) is 20.6. The molecule has 3 aliphatic carbocycles. The lowest BCUT2D eigenvalue weighted by atomic mass is 9.96. The van der Waals surface area contributed by atoms with Gasteiger partial charge in [-0.15, -0.1) is 6.58 Å². The summed E-state index contributed by atoms with van der Waals surface area (Å²) in [5, 5.41) is 2.78. The van der Waals surface area contributed by atoms with Crippen LogP contribution < -0.4 is 5.32 Å². The molecule has 3 aliphatic rings. The molecule has 304 valence electrons. The Balaban J connectivity index is 0.000000392. The molecule has 0 spiro atoms. The number of fused-ring (bicyclic) bond motifs is 1. The monoisotopic (exact) mass is 756 g/mol. The van der Waals surface area contributed by atoms with Crippen molar-refractivity contribution in [1.82, 2.24) is 5.32 Å². The van der Waals surface area contributed by atoms with E-state index >= 15 is 0 Å². The number of hydrogen-bond acceptors (Lipinski definition) is 5. The van der Waals surface area contributed by atoms with E-state index in [1.54, 1.807) is 31.1 Å². The SMILES string of the molecule is C=C1C(C)C1C1Cc2ccccc2C1.C=CCCC(NC(=O)C(C)C1C(CC)C1(C)C)C(=O)C(C)=O.CC(=O)C(C)c1ccccc1.CCC.CCC(C)=O. The molecule has 0 saturated heterocycles. The number of allylic oxidation sites excluding steroid dienone is 2. The minimum absolute atomic E-state index is 0.0381. The summed E-state index contributed by atoms with van der Waals surface area (Å²) in [6.07, 6.45) is 8.24. The normalized spacial score (nSPS) is 21.3. The van der Waals surface area contributed by atoms with Crippen molar-refractivity contribution in [3.63, 3.8) is 0 Å². The summed E-state index contributed by atoms with van der Waals surface area (Å²) < 4.78 is 0. The van der Waals surface area contributed by atoms with Gasteiger partial charge in [0.15, 0.2) is 5.78 Å². The molecule has 2 fully saturated rings. The second-order valence-electron chi connectivity index (χ2n) is 16.3. The summed E-state index contributed by atoms with van der Waals surface area (Å²) in [4.78, 5) is 56.5. The third-order valence-electron chi connectivity index (χ3n) is 11.6. The molecule has 1 N–H and O–H groups in total. The van der Waals surface area contributed by atoms with Gasteiger partial charge in [-0.2, -0.15) is 0 Å². The molecule has 0 heterocycles. The Kier molecular flexibility index (Phi) is 21.3. The van der Waals surface area contributed by atoms with E-state index in [0.29, 0.717) is 31.1 Å². The third kappa shape index (κ3) is 15.3. The van der Waals surface area contributed by atoms with Crippen LogP contribution in [0.25, 0.3) is 0 Å². The first-order chi connectivity index (χ1) is 25.8. The zero-order valence-electron chi connectivity index (χ0n) is 36.3. The van der Waals surface area contributed by atoms with Crippen molar-refractivity contribution >= 4 is 29.0 Å². The lowest BCUT2D eigenvalue weighted by Crippen LogP contribution is -2.45. The van der Waals surface area contributed by atoms with Crippen molar-refractivity contribution in [3.8, 4) is 0 Å². The fraction of sp³-hybridized carbons (Fsp3) is 0.571. The molecule has 7 unspecified atom stereocenters. The second-order valence-corrected chi connectivity index (χ2v) is 16.3. The predicted octanol–water partition coefficient (Wildman–Crippen LogP) is 10.9. The maximum Gasteiger partial charge on any atom is 0.223 e. The minimum atomic E-state index is -0.729. The van der Waals surface area contributed by atoms with Gasteiger partial charge in [-0.05, 0) is 91.2 Å². The van der Waals surface area contributed by atoms with Gasteiger partial charge in [0.05, 0.1) is 6.04 Å². The molecule has 0 aromatic heterocycles. The summed E-state index contributed by atoms with van der Waals surface area (Å²) in [7, 11) is 0.